The number of nitrogens with one attached hydrogen (secondary N) is 1. The average Bonchev–Trinajstić information content (AvgIpc) is 2.56. The molecule has 1 aliphatic rings. The molecule has 0 unspecified atom stereocenters. The van der Waals surface area contributed by atoms with Crippen molar-refractivity contribution in [2.24, 2.45) is 0 Å². The number of aryl methyl sites for hydroxylation is 1. The zero-order valence-corrected chi connectivity index (χ0v) is 14.7. The number of hydrogen-bond donors (Lipinski definition) is 1. The third kappa shape index (κ3) is 3.39. The van der Waals surface area contributed by atoms with E-state index >= 15 is 0 Å². The van der Waals surface area contributed by atoms with Gasteiger partial charge in [0, 0.05) is 12.7 Å². The fraction of sp³-hybridized carbons (Fsp3) is 0.353. The number of pyridine rings is 1. The van der Waals surface area contributed by atoms with Crippen LogP contribution in [-0.2, 0) is 10.0 Å². The van der Waals surface area contributed by atoms with Gasteiger partial charge in [0.1, 0.15) is 4.64 Å². The van der Waals surface area contributed by atoms with E-state index in [0.717, 1.165) is 30.4 Å². The molecule has 2 heterocycles. The predicted molar refractivity (Wildman–Crippen MR) is 93.3 cm³/mol. The van der Waals surface area contributed by atoms with E-state index < -0.39 is 10.0 Å². The molecule has 1 N–H and O–H groups in total. The molecule has 122 valence electrons. The van der Waals surface area contributed by atoms with E-state index in [9.17, 15) is 8.42 Å². The van der Waals surface area contributed by atoms with Crippen LogP contribution in [0, 0.1) is 11.6 Å². The summed E-state index contributed by atoms with van der Waals surface area (Å²) in [5, 5.41) is 0. The molecule has 0 spiro atoms. The molecule has 0 saturated carbocycles. The molecule has 1 aromatic heterocycles. The summed E-state index contributed by atoms with van der Waals surface area (Å²) in [6.07, 6.45) is 4.58. The van der Waals surface area contributed by atoms with Gasteiger partial charge in [-0.15, -0.1) is 0 Å². The number of hydrogen-bond acceptors (Lipinski definition) is 3. The van der Waals surface area contributed by atoms with Crippen LogP contribution in [0.4, 0.5) is 0 Å². The second kappa shape index (κ2) is 6.55. The molecule has 0 bridgehead atoms. The van der Waals surface area contributed by atoms with Gasteiger partial charge < -0.3 is 4.98 Å². The van der Waals surface area contributed by atoms with E-state index in [1.165, 1.54) is 0 Å². The lowest BCUT2D eigenvalue weighted by atomic mass is 9.99. The lowest BCUT2D eigenvalue weighted by Gasteiger charge is -2.34. The molecule has 1 aromatic carbocycles. The van der Waals surface area contributed by atoms with Gasteiger partial charge in [-0.25, -0.2) is 8.42 Å². The quantitative estimate of drug-likeness (QED) is 0.854. The largest absolute Gasteiger partial charge is 0.353 e. The molecule has 0 amide bonds. The van der Waals surface area contributed by atoms with Crippen molar-refractivity contribution in [1.29, 1.82) is 0 Å². The van der Waals surface area contributed by atoms with Crippen molar-refractivity contribution in [2.75, 3.05) is 6.54 Å². The summed E-state index contributed by atoms with van der Waals surface area (Å²) in [4.78, 5) is 3.37. The predicted octanol–water partition coefficient (Wildman–Crippen LogP) is 3.97. The fourth-order valence-electron chi connectivity index (χ4n) is 3.00. The van der Waals surface area contributed by atoms with Gasteiger partial charge in [0.2, 0.25) is 10.0 Å². The highest BCUT2D eigenvalue weighted by Crippen LogP contribution is 2.35. The summed E-state index contributed by atoms with van der Waals surface area (Å²) in [7, 11) is -3.49. The molecule has 0 aliphatic carbocycles. The number of nitrogens with zero attached hydrogens (tertiary/aromatic N) is 1. The van der Waals surface area contributed by atoms with E-state index in [2.05, 4.69) is 4.98 Å². The minimum absolute atomic E-state index is 0.137. The van der Waals surface area contributed by atoms with Gasteiger partial charge in [-0.1, -0.05) is 42.4 Å². The second-order valence-corrected chi connectivity index (χ2v) is 8.26. The van der Waals surface area contributed by atoms with Crippen molar-refractivity contribution in [3.63, 3.8) is 0 Å². The first-order valence-corrected chi connectivity index (χ1v) is 9.60. The summed E-state index contributed by atoms with van der Waals surface area (Å²) in [6.45, 7) is 2.50. The maximum absolute atomic E-state index is 13.0. The van der Waals surface area contributed by atoms with E-state index in [4.69, 9.17) is 12.2 Å². The van der Waals surface area contributed by atoms with Crippen LogP contribution in [0.25, 0.3) is 0 Å². The average molecular weight is 348 g/mol. The first kappa shape index (κ1) is 16.4. The highest BCUT2D eigenvalue weighted by molar-refractivity contribution is 7.89. The standard InChI is InChI=1S/C17H20N2O2S2/c1-13-5-8-15(9-6-13)23(20,21)19-11-3-2-4-16(19)14-7-10-17(22)18-12-14/h5-10,12,16H,2-4,11H2,1H3,(H,18,22)/t16-/m1/s1. The van der Waals surface area contributed by atoms with Crippen LogP contribution in [0.5, 0.6) is 0 Å². The smallest absolute Gasteiger partial charge is 0.243 e. The molecular weight excluding hydrogens is 328 g/mol. The normalized spacial score (nSPS) is 19.6. The van der Waals surface area contributed by atoms with Crippen molar-refractivity contribution in [1.82, 2.24) is 9.29 Å². The molecule has 4 nitrogen and oxygen atoms in total. The van der Waals surface area contributed by atoms with Gasteiger partial charge in [0.25, 0.3) is 0 Å². The Morgan fingerprint density at radius 3 is 2.52 bits per heavy atom. The van der Waals surface area contributed by atoms with E-state index in [1.807, 2.05) is 37.4 Å². The van der Waals surface area contributed by atoms with Crippen molar-refractivity contribution >= 4 is 22.2 Å². The van der Waals surface area contributed by atoms with Crippen molar-refractivity contribution < 1.29 is 8.42 Å². The summed E-state index contributed by atoms with van der Waals surface area (Å²) in [5.74, 6) is 0. The van der Waals surface area contributed by atoms with E-state index in [0.29, 0.717) is 16.1 Å². The van der Waals surface area contributed by atoms with Gasteiger partial charge in [0.15, 0.2) is 0 Å². The minimum Gasteiger partial charge on any atom is -0.353 e. The SMILES string of the molecule is Cc1ccc(S(=O)(=O)N2CCCC[C@@H]2c2ccc(=S)[nH]c2)cc1. The maximum atomic E-state index is 13.0. The van der Waals surface area contributed by atoms with Gasteiger partial charge in [-0.3, -0.25) is 0 Å². The topological polar surface area (TPSA) is 53.2 Å². The van der Waals surface area contributed by atoms with Crippen molar-refractivity contribution in [2.45, 2.75) is 37.1 Å². The molecule has 2 aromatic rings. The second-order valence-electron chi connectivity index (χ2n) is 5.93. The van der Waals surface area contributed by atoms with Crippen LogP contribution in [0.2, 0.25) is 0 Å². The zero-order chi connectivity index (χ0) is 16.4. The Kier molecular flexibility index (Phi) is 4.66. The number of aromatic amines is 1. The molecule has 23 heavy (non-hydrogen) atoms. The number of benzene rings is 1. The van der Waals surface area contributed by atoms with Crippen molar-refractivity contribution in [3.8, 4) is 0 Å². The number of sulfonamides is 1. The van der Waals surface area contributed by atoms with E-state index in [1.54, 1.807) is 16.4 Å². The van der Waals surface area contributed by atoms with Crippen LogP contribution < -0.4 is 0 Å². The lowest BCUT2D eigenvalue weighted by molar-refractivity contribution is 0.255. The van der Waals surface area contributed by atoms with Gasteiger partial charge in [-0.05, 0) is 43.5 Å². The number of H-pyrrole nitrogens is 1. The zero-order valence-electron chi connectivity index (χ0n) is 13.0. The molecule has 1 atom stereocenters. The summed E-state index contributed by atoms with van der Waals surface area (Å²) >= 11 is 5.08. The van der Waals surface area contributed by atoms with Crippen LogP contribution in [0.3, 0.4) is 0 Å². The van der Waals surface area contributed by atoms with Crippen LogP contribution >= 0.6 is 12.2 Å². The maximum Gasteiger partial charge on any atom is 0.243 e. The first-order valence-electron chi connectivity index (χ1n) is 7.75. The highest BCUT2D eigenvalue weighted by atomic mass is 32.2. The lowest BCUT2D eigenvalue weighted by Crippen LogP contribution is -2.38. The van der Waals surface area contributed by atoms with Gasteiger partial charge in [0.05, 0.1) is 10.9 Å². The Bertz CT molecular complexity index is 821. The third-order valence-electron chi connectivity index (χ3n) is 4.27. The van der Waals surface area contributed by atoms with Gasteiger partial charge >= 0.3 is 0 Å². The molecule has 6 heteroatoms. The first-order chi connectivity index (χ1) is 11.0. The Morgan fingerprint density at radius 2 is 1.87 bits per heavy atom. The monoisotopic (exact) mass is 348 g/mol. The van der Waals surface area contributed by atoms with Crippen LogP contribution in [-0.4, -0.2) is 24.3 Å². The van der Waals surface area contributed by atoms with Crippen LogP contribution in [0.15, 0.2) is 47.5 Å². The Hall–Kier alpha value is -1.50. The number of rotatable bonds is 3. The molecule has 0 radical (unpaired) electrons. The Balaban J connectivity index is 1.99. The molecule has 3 rings (SSSR count). The number of aromatic nitrogens is 1. The Labute approximate surface area is 142 Å². The van der Waals surface area contributed by atoms with Crippen LogP contribution in [0.1, 0.15) is 36.4 Å². The number of piperidine rings is 1. The highest BCUT2D eigenvalue weighted by Gasteiger charge is 2.34. The minimum atomic E-state index is -3.49. The van der Waals surface area contributed by atoms with Crippen molar-refractivity contribution in [3.05, 3.63) is 58.4 Å². The summed E-state index contributed by atoms with van der Waals surface area (Å²) in [5.41, 5.74) is 2.02. The van der Waals surface area contributed by atoms with Gasteiger partial charge in [-0.2, -0.15) is 4.31 Å². The summed E-state index contributed by atoms with van der Waals surface area (Å²) in [6, 6.07) is 10.7. The molecule has 1 aliphatic heterocycles. The van der Waals surface area contributed by atoms with E-state index in [-0.39, 0.29) is 6.04 Å². The Morgan fingerprint density at radius 1 is 1.13 bits per heavy atom. The fourth-order valence-corrected chi connectivity index (χ4v) is 4.81. The third-order valence-corrected chi connectivity index (χ3v) is 6.45. The molecule has 1 fully saturated rings. The summed E-state index contributed by atoms with van der Waals surface area (Å²) < 4.78 is 28.4. The molecular formula is C17H20N2O2S2. The molecule has 1 saturated heterocycles.